The molecule has 0 aliphatic rings. The smallest absolute Gasteiger partial charge is 0.324 e. The molecule has 0 fully saturated rings. The average Bonchev–Trinajstić information content (AvgIpc) is 2.94. The van der Waals surface area contributed by atoms with Crippen LogP contribution in [0.2, 0.25) is 5.02 Å². The van der Waals surface area contributed by atoms with Crippen LogP contribution in [0.5, 0.6) is 12.0 Å². The Balaban J connectivity index is 2.29. The van der Waals surface area contributed by atoms with E-state index in [0.29, 0.717) is 29.3 Å². The van der Waals surface area contributed by atoms with Gasteiger partial charge in [-0.3, -0.25) is 4.57 Å². The minimum atomic E-state index is -1.82. The summed E-state index contributed by atoms with van der Waals surface area (Å²) in [7, 11) is 0. The molecular formula is C15H13Cl4N5O2. The molecule has 0 radical (unpaired) electrons. The third-order valence-electron chi connectivity index (χ3n) is 3.20. The van der Waals surface area contributed by atoms with Crippen molar-refractivity contribution in [1.82, 2.24) is 24.5 Å². The summed E-state index contributed by atoms with van der Waals surface area (Å²) in [6.07, 6.45) is 0. The second kappa shape index (κ2) is 7.60. The van der Waals surface area contributed by atoms with Crippen LogP contribution in [0.15, 0.2) is 18.2 Å². The zero-order valence-corrected chi connectivity index (χ0v) is 16.7. The van der Waals surface area contributed by atoms with Crippen LogP contribution in [0.4, 0.5) is 0 Å². The molecule has 0 bridgehead atoms. The van der Waals surface area contributed by atoms with Crippen molar-refractivity contribution in [2.75, 3.05) is 13.2 Å². The molecule has 138 valence electrons. The summed E-state index contributed by atoms with van der Waals surface area (Å²) in [5, 5.41) is 0.499. The molecule has 0 saturated carbocycles. The van der Waals surface area contributed by atoms with Crippen LogP contribution in [0, 0.1) is 0 Å². The molecule has 0 saturated heterocycles. The van der Waals surface area contributed by atoms with E-state index < -0.39 is 3.79 Å². The van der Waals surface area contributed by atoms with E-state index in [1.165, 1.54) is 4.57 Å². The van der Waals surface area contributed by atoms with Gasteiger partial charge in [-0.25, -0.2) is 4.98 Å². The van der Waals surface area contributed by atoms with Gasteiger partial charge >= 0.3 is 12.0 Å². The zero-order chi connectivity index (χ0) is 18.9. The minimum Gasteiger partial charge on any atom is -0.464 e. The van der Waals surface area contributed by atoms with Gasteiger partial charge < -0.3 is 9.47 Å². The second-order valence-corrected chi connectivity index (χ2v) is 7.69. The largest absolute Gasteiger partial charge is 0.464 e. The summed E-state index contributed by atoms with van der Waals surface area (Å²) < 4.78 is 10.5. The van der Waals surface area contributed by atoms with Crippen molar-refractivity contribution in [3.63, 3.8) is 0 Å². The lowest BCUT2D eigenvalue weighted by atomic mass is 10.3. The lowest BCUT2D eigenvalue weighted by molar-refractivity contribution is 0.278. The molecule has 0 N–H and O–H groups in total. The molecule has 0 aliphatic heterocycles. The quantitative estimate of drug-likeness (QED) is 0.548. The van der Waals surface area contributed by atoms with Gasteiger partial charge in [0.25, 0.3) is 0 Å². The van der Waals surface area contributed by atoms with Crippen molar-refractivity contribution in [2.24, 2.45) is 0 Å². The van der Waals surface area contributed by atoms with Crippen molar-refractivity contribution < 1.29 is 9.47 Å². The Kier molecular flexibility index (Phi) is 5.62. The molecule has 3 aromatic rings. The average molecular weight is 437 g/mol. The van der Waals surface area contributed by atoms with Crippen LogP contribution in [-0.4, -0.2) is 37.7 Å². The van der Waals surface area contributed by atoms with Gasteiger partial charge in [0.1, 0.15) is 0 Å². The molecule has 0 atom stereocenters. The lowest BCUT2D eigenvalue weighted by Gasteiger charge is -2.14. The van der Waals surface area contributed by atoms with Gasteiger partial charge in [-0.05, 0) is 32.0 Å². The predicted molar refractivity (Wildman–Crippen MR) is 101 cm³/mol. The molecule has 3 rings (SSSR count). The predicted octanol–water partition coefficient (Wildman–Crippen LogP) is 4.49. The van der Waals surface area contributed by atoms with Crippen LogP contribution in [-0.2, 0) is 3.79 Å². The maximum Gasteiger partial charge on any atom is 0.324 e. The fraction of sp³-hybridized carbons (Fsp3) is 0.333. The van der Waals surface area contributed by atoms with E-state index >= 15 is 0 Å². The van der Waals surface area contributed by atoms with Crippen LogP contribution in [0.25, 0.3) is 17.0 Å². The van der Waals surface area contributed by atoms with Gasteiger partial charge in [-0.1, -0.05) is 46.4 Å². The first-order valence-electron chi connectivity index (χ1n) is 7.60. The van der Waals surface area contributed by atoms with E-state index in [4.69, 9.17) is 55.9 Å². The van der Waals surface area contributed by atoms with E-state index in [1.54, 1.807) is 18.2 Å². The number of hydrogen-bond acceptors (Lipinski definition) is 6. The fourth-order valence-corrected chi connectivity index (χ4v) is 2.81. The number of imidazole rings is 1. The van der Waals surface area contributed by atoms with E-state index in [9.17, 15) is 0 Å². The summed E-state index contributed by atoms with van der Waals surface area (Å²) in [5.41, 5.74) is 1.13. The van der Waals surface area contributed by atoms with Gasteiger partial charge in [0.2, 0.25) is 9.74 Å². The molecule has 0 spiro atoms. The molecule has 2 aromatic heterocycles. The Morgan fingerprint density at radius 2 is 1.58 bits per heavy atom. The number of hydrogen-bond donors (Lipinski definition) is 0. The third-order valence-corrected chi connectivity index (χ3v) is 3.94. The van der Waals surface area contributed by atoms with Crippen molar-refractivity contribution in [1.29, 1.82) is 0 Å². The summed E-state index contributed by atoms with van der Waals surface area (Å²) in [6, 6.07) is 5.26. The third kappa shape index (κ3) is 3.91. The van der Waals surface area contributed by atoms with Gasteiger partial charge in [0, 0.05) is 5.02 Å². The number of fused-ring (bicyclic) bond motifs is 1. The number of rotatable bonds is 5. The van der Waals surface area contributed by atoms with Crippen molar-refractivity contribution in [2.45, 2.75) is 17.6 Å². The standard InChI is InChI=1S/C15H13Cl4N5O2/c1-3-25-13-21-12(22-14(23-13)26-4-2)24-10-6-5-8(16)7-9(10)20-11(24)15(17,18)19/h5-7H,3-4H2,1-2H3. The Labute approximate surface area is 169 Å². The number of nitrogens with zero attached hydrogens (tertiary/aromatic N) is 5. The molecule has 11 heteroatoms. The molecule has 1 aromatic carbocycles. The van der Waals surface area contributed by atoms with Crippen LogP contribution >= 0.6 is 46.4 Å². The SMILES string of the molecule is CCOc1nc(OCC)nc(-n2c(C(Cl)(Cl)Cl)nc3cc(Cl)ccc32)n1. The highest BCUT2D eigenvalue weighted by molar-refractivity contribution is 6.66. The summed E-state index contributed by atoms with van der Waals surface area (Å²) in [4.78, 5) is 17.0. The van der Waals surface area contributed by atoms with Crippen LogP contribution < -0.4 is 9.47 Å². The molecule has 26 heavy (non-hydrogen) atoms. The van der Waals surface area contributed by atoms with Crippen LogP contribution in [0.1, 0.15) is 19.7 Å². The van der Waals surface area contributed by atoms with Gasteiger partial charge in [-0.15, -0.1) is 4.98 Å². The topological polar surface area (TPSA) is 75.0 Å². The lowest BCUT2D eigenvalue weighted by Crippen LogP contribution is -2.15. The number of halogens is 4. The Morgan fingerprint density at radius 3 is 2.12 bits per heavy atom. The highest BCUT2D eigenvalue weighted by Crippen LogP contribution is 2.40. The maximum absolute atomic E-state index is 6.11. The number of benzene rings is 1. The van der Waals surface area contributed by atoms with Crippen LogP contribution in [0.3, 0.4) is 0 Å². The van der Waals surface area contributed by atoms with Gasteiger partial charge in [0.05, 0.1) is 24.2 Å². The molecule has 2 heterocycles. The maximum atomic E-state index is 6.11. The highest BCUT2D eigenvalue weighted by atomic mass is 35.6. The minimum absolute atomic E-state index is 0.0898. The van der Waals surface area contributed by atoms with E-state index in [0.717, 1.165) is 0 Å². The van der Waals surface area contributed by atoms with Crippen molar-refractivity contribution >= 4 is 57.4 Å². The molecule has 0 aliphatic carbocycles. The van der Waals surface area contributed by atoms with Crippen molar-refractivity contribution in [3.05, 3.63) is 29.0 Å². The Morgan fingerprint density at radius 1 is 0.962 bits per heavy atom. The fourth-order valence-electron chi connectivity index (χ4n) is 2.26. The molecule has 0 unspecified atom stereocenters. The van der Waals surface area contributed by atoms with Gasteiger partial charge in [-0.2, -0.15) is 9.97 Å². The van der Waals surface area contributed by atoms with Gasteiger partial charge in [0.15, 0.2) is 5.82 Å². The molecular weight excluding hydrogens is 424 g/mol. The first-order chi connectivity index (χ1) is 12.3. The monoisotopic (exact) mass is 435 g/mol. The summed E-state index contributed by atoms with van der Waals surface area (Å²) in [5.74, 6) is 0.258. The Bertz CT molecular complexity index is 917. The van der Waals surface area contributed by atoms with E-state index in [-0.39, 0.29) is 23.8 Å². The highest BCUT2D eigenvalue weighted by Gasteiger charge is 2.32. The second-order valence-electron chi connectivity index (χ2n) is 4.97. The van der Waals surface area contributed by atoms with E-state index in [1.807, 2.05) is 13.8 Å². The summed E-state index contributed by atoms with van der Waals surface area (Å²) >= 11 is 24.4. The number of ether oxygens (including phenoxy) is 2. The zero-order valence-electron chi connectivity index (χ0n) is 13.7. The number of alkyl halides is 3. The summed E-state index contributed by atoms with van der Waals surface area (Å²) in [6.45, 7) is 4.36. The Hall–Kier alpha value is -1.54. The molecule has 0 amide bonds. The van der Waals surface area contributed by atoms with E-state index in [2.05, 4.69) is 19.9 Å². The first kappa shape index (κ1) is 19.2. The van der Waals surface area contributed by atoms with Crippen molar-refractivity contribution in [3.8, 4) is 18.0 Å². The normalized spacial score (nSPS) is 11.8. The first-order valence-corrected chi connectivity index (χ1v) is 9.12. The molecule has 7 nitrogen and oxygen atoms in total. The number of aromatic nitrogens is 5.